The maximum Gasteiger partial charge on any atom is 0.271 e. The van der Waals surface area contributed by atoms with Crippen LogP contribution in [0, 0.1) is 11.3 Å². The van der Waals surface area contributed by atoms with E-state index in [0.29, 0.717) is 46.9 Å². The number of carbonyl (C=O) groups is 1. The van der Waals surface area contributed by atoms with E-state index in [-0.39, 0.29) is 5.91 Å². The van der Waals surface area contributed by atoms with Gasteiger partial charge in [-0.2, -0.15) is 10.4 Å². The van der Waals surface area contributed by atoms with E-state index < -0.39 is 0 Å². The van der Waals surface area contributed by atoms with Gasteiger partial charge in [0.1, 0.15) is 12.4 Å². The van der Waals surface area contributed by atoms with Gasteiger partial charge in [0.15, 0.2) is 11.5 Å². The Balaban J connectivity index is 1.65. The van der Waals surface area contributed by atoms with Crippen molar-refractivity contribution in [2.75, 3.05) is 13.2 Å². The van der Waals surface area contributed by atoms with Gasteiger partial charge in [-0.05, 0) is 88.9 Å². The number of amides is 1. The number of halogens is 1. The summed E-state index contributed by atoms with van der Waals surface area (Å²) in [5, 5.41) is 13.0. The van der Waals surface area contributed by atoms with Crippen LogP contribution in [0.1, 0.15) is 47.3 Å². The number of nitrogens with one attached hydrogen (secondary N) is 1. The minimum atomic E-state index is -0.324. The molecule has 0 heterocycles. The molecule has 0 saturated carbocycles. The van der Waals surface area contributed by atoms with Gasteiger partial charge in [-0.25, -0.2) is 5.43 Å². The molecule has 0 aliphatic carbocycles. The van der Waals surface area contributed by atoms with Gasteiger partial charge in [-0.15, -0.1) is 0 Å². The van der Waals surface area contributed by atoms with Crippen LogP contribution in [0.15, 0.2) is 70.2 Å². The molecule has 35 heavy (non-hydrogen) atoms. The Bertz CT molecular complexity index is 1200. The summed E-state index contributed by atoms with van der Waals surface area (Å²) in [5.41, 5.74) is 5.25. The fraction of sp³-hybridized carbons (Fsp3) is 0.222. The van der Waals surface area contributed by atoms with Crippen molar-refractivity contribution in [2.24, 2.45) is 5.10 Å². The SMILES string of the molecule is CCCOc1ccc(C(=O)N/N=C/c2cc(Br)c(OCc3ccc(C#N)cc3)c(OCC)c2)cc1. The van der Waals surface area contributed by atoms with Gasteiger partial charge < -0.3 is 14.2 Å². The molecular formula is C27H26BrN3O4. The standard InChI is InChI=1S/C27H26BrN3O4/c1-3-13-34-23-11-9-22(10-12-23)27(32)31-30-17-21-14-24(28)26(25(15-21)33-4-2)35-18-20-7-5-19(16-29)6-8-20/h5-12,14-15,17H,3-4,13,18H2,1-2H3,(H,31,32)/b30-17+. The van der Waals surface area contributed by atoms with Crippen LogP contribution in [-0.4, -0.2) is 25.3 Å². The van der Waals surface area contributed by atoms with Crippen molar-refractivity contribution in [3.63, 3.8) is 0 Å². The number of carbonyl (C=O) groups excluding carboxylic acids is 1. The molecule has 3 aromatic rings. The Hall–Kier alpha value is -3.83. The van der Waals surface area contributed by atoms with Gasteiger partial charge >= 0.3 is 0 Å². The van der Waals surface area contributed by atoms with E-state index in [4.69, 9.17) is 19.5 Å². The molecule has 0 radical (unpaired) electrons. The minimum absolute atomic E-state index is 0.316. The van der Waals surface area contributed by atoms with Gasteiger partial charge in [0.25, 0.3) is 5.91 Å². The first-order chi connectivity index (χ1) is 17.0. The summed E-state index contributed by atoms with van der Waals surface area (Å²) >= 11 is 3.54. The molecule has 7 nitrogen and oxygen atoms in total. The highest BCUT2D eigenvalue weighted by molar-refractivity contribution is 9.10. The number of benzene rings is 3. The Morgan fingerprint density at radius 3 is 2.46 bits per heavy atom. The largest absolute Gasteiger partial charge is 0.494 e. The molecular weight excluding hydrogens is 510 g/mol. The lowest BCUT2D eigenvalue weighted by Crippen LogP contribution is -2.17. The molecule has 3 rings (SSSR count). The second kappa shape index (κ2) is 13.2. The molecule has 0 saturated heterocycles. The summed E-state index contributed by atoms with van der Waals surface area (Å²) in [4.78, 5) is 12.4. The number of nitrogens with zero attached hydrogens (tertiary/aromatic N) is 2. The lowest BCUT2D eigenvalue weighted by atomic mass is 10.1. The molecule has 3 aromatic carbocycles. The molecule has 1 amide bonds. The van der Waals surface area contributed by atoms with Crippen LogP contribution in [0.25, 0.3) is 0 Å². The number of hydrogen-bond donors (Lipinski definition) is 1. The lowest BCUT2D eigenvalue weighted by Gasteiger charge is -2.14. The molecule has 0 unspecified atom stereocenters. The highest BCUT2D eigenvalue weighted by atomic mass is 79.9. The number of hydrazone groups is 1. The predicted molar refractivity (Wildman–Crippen MR) is 138 cm³/mol. The van der Waals surface area contributed by atoms with Crippen LogP contribution in [0.2, 0.25) is 0 Å². The third kappa shape index (κ3) is 7.59. The summed E-state index contributed by atoms with van der Waals surface area (Å²) in [6.07, 6.45) is 2.45. The quantitative estimate of drug-likeness (QED) is 0.245. The Kier molecular flexibility index (Phi) is 9.69. The van der Waals surface area contributed by atoms with Crippen LogP contribution in [0.4, 0.5) is 0 Å². The van der Waals surface area contributed by atoms with E-state index in [1.807, 2.05) is 32.0 Å². The van der Waals surface area contributed by atoms with E-state index in [1.54, 1.807) is 42.5 Å². The lowest BCUT2D eigenvalue weighted by molar-refractivity contribution is 0.0955. The first-order valence-corrected chi connectivity index (χ1v) is 12.0. The first-order valence-electron chi connectivity index (χ1n) is 11.2. The third-order valence-corrected chi connectivity index (χ3v) is 5.36. The summed E-state index contributed by atoms with van der Waals surface area (Å²) in [5.74, 6) is 1.50. The van der Waals surface area contributed by atoms with Crippen molar-refractivity contribution in [2.45, 2.75) is 26.9 Å². The molecule has 8 heteroatoms. The zero-order chi connectivity index (χ0) is 25.0. The van der Waals surface area contributed by atoms with Crippen molar-refractivity contribution in [1.82, 2.24) is 5.43 Å². The van der Waals surface area contributed by atoms with E-state index >= 15 is 0 Å². The summed E-state index contributed by atoms with van der Waals surface area (Å²) in [6.45, 7) is 5.32. The van der Waals surface area contributed by atoms with Crippen LogP contribution >= 0.6 is 15.9 Å². The summed E-state index contributed by atoms with van der Waals surface area (Å²) < 4.78 is 18.0. The smallest absolute Gasteiger partial charge is 0.271 e. The molecule has 0 atom stereocenters. The van der Waals surface area contributed by atoms with Gasteiger partial charge in [-0.3, -0.25) is 4.79 Å². The molecule has 0 aromatic heterocycles. The van der Waals surface area contributed by atoms with E-state index in [0.717, 1.165) is 23.3 Å². The van der Waals surface area contributed by atoms with E-state index in [1.165, 1.54) is 6.21 Å². The summed E-state index contributed by atoms with van der Waals surface area (Å²) in [7, 11) is 0. The normalized spacial score (nSPS) is 10.6. The van der Waals surface area contributed by atoms with Crippen molar-refractivity contribution >= 4 is 28.1 Å². The Morgan fingerprint density at radius 1 is 1.06 bits per heavy atom. The van der Waals surface area contributed by atoms with Crippen molar-refractivity contribution in [1.29, 1.82) is 5.26 Å². The zero-order valence-corrected chi connectivity index (χ0v) is 21.2. The van der Waals surface area contributed by atoms with Crippen LogP contribution in [-0.2, 0) is 6.61 Å². The first kappa shape index (κ1) is 25.8. The van der Waals surface area contributed by atoms with Crippen molar-refractivity contribution in [3.05, 3.63) is 87.4 Å². The average molecular weight is 536 g/mol. The average Bonchev–Trinajstić information content (AvgIpc) is 2.87. The number of rotatable bonds is 11. The van der Waals surface area contributed by atoms with E-state index in [2.05, 4.69) is 32.5 Å². The van der Waals surface area contributed by atoms with Gasteiger partial charge in [0.2, 0.25) is 0 Å². The molecule has 0 aliphatic rings. The molecule has 180 valence electrons. The molecule has 0 aliphatic heterocycles. The fourth-order valence-electron chi connectivity index (χ4n) is 3.05. The minimum Gasteiger partial charge on any atom is -0.494 e. The van der Waals surface area contributed by atoms with Crippen LogP contribution in [0.5, 0.6) is 17.2 Å². The monoisotopic (exact) mass is 535 g/mol. The molecule has 0 spiro atoms. The van der Waals surface area contributed by atoms with Crippen LogP contribution in [0.3, 0.4) is 0 Å². The highest BCUT2D eigenvalue weighted by Crippen LogP contribution is 2.37. The molecule has 1 N–H and O–H groups in total. The van der Waals surface area contributed by atoms with Crippen LogP contribution < -0.4 is 19.6 Å². The van der Waals surface area contributed by atoms with Gasteiger partial charge in [0.05, 0.1) is 35.5 Å². The van der Waals surface area contributed by atoms with Gasteiger partial charge in [0, 0.05) is 5.56 Å². The second-order valence-corrected chi connectivity index (χ2v) is 8.29. The zero-order valence-electron chi connectivity index (χ0n) is 19.6. The predicted octanol–water partition coefficient (Wildman–Crippen LogP) is 5.85. The fourth-order valence-corrected chi connectivity index (χ4v) is 3.62. The number of ether oxygens (including phenoxy) is 3. The third-order valence-electron chi connectivity index (χ3n) is 4.77. The highest BCUT2D eigenvalue weighted by Gasteiger charge is 2.13. The number of hydrogen-bond acceptors (Lipinski definition) is 6. The second-order valence-electron chi connectivity index (χ2n) is 7.43. The maximum atomic E-state index is 12.4. The van der Waals surface area contributed by atoms with E-state index in [9.17, 15) is 4.79 Å². The number of nitriles is 1. The molecule has 0 bridgehead atoms. The maximum absolute atomic E-state index is 12.4. The summed E-state index contributed by atoms with van der Waals surface area (Å²) in [6, 6.07) is 19.8. The van der Waals surface area contributed by atoms with Gasteiger partial charge in [-0.1, -0.05) is 19.1 Å². The molecule has 0 fully saturated rings. The van der Waals surface area contributed by atoms with Crippen molar-refractivity contribution in [3.8, 4) is 23.3 Å². The van der Waals surface area contributed by atoms with Crippen molar-refractivity contribution < 1.29 is 19.0 Å². The topological polar surface area (TPSA) is 92.9 Å². The Labute approximate surface area is 213 Å². The Morgan fingerprint density at radius 2 is 1.80 bits per heavy atom.